The van der Waals surface area contributed by atoms with Gasteiger partial charge >= 0.3 is 0 Å². The van der Waals surface area contributed by atoms with Crippen molar-refractivity contribution >= 4 is 35.8 Å². The summed E-state index contributed by atoms with van der Waals surface area (Å²) in [6.07, 6.45) is 23.9. The van der Waals surface area contributed by atoms with Crippen molar-refractivity contribution in [2.45, 2.75) is 240 Å². The quantitative estimate of drug-likeness (QED) is 0.0436. The molecule has 18 heteroatoms. The van der Waals surface area contributed by atoms with Crippen LogP contribution in [-0.2, 0) is 0 Å². The molecule has 0 saturated carbocycles. The monoisotopic (exact) mass is 1200 g/mol. The summed E-state index contributed by atoms with van der Waals surface area (Å²) in [5.41, 5.74) is -12.0. The van der Waals surface area contributed by atoms with Crippen LogP contribution in [0.3, 0.4) is 0 Å². The number of aromatic carboxylic acids is 6. The van der Waals surface area contributed by atoms with Crippen molar-refractivity contribution in [1.82, 2.24) is 0 Å². The van der Waals surface area contributed by atoms with Gasteiger partial charge in [0.25, 0.3) is 0 Å². The Morgan fingerprint density at radius 1 is 0.179 bits per heavy atom. The van der Waals surface area contributed by atoms with E-state index in [-0.39, 0.29) is 0 Å². The molecule has 0 fully saturated rings. The van der Waals surface area contributed by atoms with Crippen LogP contribution in [0.15, 0.2) is 0 Å². The zero-order valence-electron chi connectivity index (χ0n) is 57.4. The standard InChI is InChI=1S/C12H6O12.6C9H21N/c13-7(14)1-2(8(15)16)4(10(19)20)6(12(23)24)5(11(21)22)3(1)9(17)18;6*1-4-7-10(8-5-2)9-6-3/h(H,13,14)(H,15,16)(H,17,18)(H,19,20)(H,21,22)(H,23,24);6*4-9H2,1-3H3. The van der Waals surface area contributed by atoms with E-state index in [9.17, 15) is 59.4 Å². The molecule has 498 valence electrons. The Hall–Kier alpha value is -4.20. The van der Waals surface area contributed by atoms with E-state index in [1.165, 1.54) is 233 Å². The van der Waals surface area contributed by atoms with Gasteiger partial charge in [0.2, 0.25) is 0 Å². The highest BCUT2D eigenvalue weighted by Crippen LogP contribution is 2.28. The first-order chi connectivity index (χ1) is 40.0. The van der Waals surface area contributed by atoms with Crippen LogP contribution in [0.5, 0.6) is 0 Å². The molecule has 6 N–H and O–H groups in total. The number of hydrogen-bond acceptors (Lipinski definition) is 12. The Kier molecular flexibility index (Phi) is 70.2. The lowest BCUT2D eigenvalue weighted by atomic mass is 9.86. The molecule has 0 atom stereocenters. The molecule has 0 amide bonds. The van der Waals surface area contributed by atoms with E-state index in [4.69, 9.17) is 0 Å². The van der Waals surface area contributed by atoms with E-state index >= 15 is 0 Å². The Bertz CT molecular complexity index is 1330. The van der Waals surface area contributed by atoms with Crippen LogP contribution in [0.2, 0.25) is 0 Å². The Morgan fingerprint density at radius 2 is 0.238 bits per heavy atom. The van der Waals surface area contributed by atoms with E-state index in [1.807, 2.05) is 0 Å². The van der Waals surface area contributed by atoms with E-state index in [1.54, 1.807) is 29.4 Å². The second-order valence-electron chi connectivity index (χ2n) is 22.0. The highest BCUT2D eigenvalue weighted by Gasteiger charge is 2.27. The van der Waals surface area contributed by atoms with Gasteiger partial charge in [0, 0.05) is 33.4 Å². The minimum absolute atomic E-state index is 1.33. The molecular formula is C66H132N6O12. The van der Waals surface area contributed by atoms with E-state index in [0.717, 1.165) is 0 Å². The maximum atomic E-state index is 11.0. The first-order valence-electron chi connectivity index (χ1n) is 33.5. The fourth-order valence-electron chi connectivity index (χ4n) is 10.6. The Balaban J connectivity index is -0.000000220. The van der Waals surface area contributed by atoms with E-state index < -0.39 is 69.2 Å². The molecule has 0 aliphatic rings. The summed E-state index contributed by atoms with van der Waals surface area (Å²) in [6, 6.07) is 0. The van der Waals surface area contributed by atoms with Crippen molar-refractivity contribution in [2.24, 2.45) is 0 Å². The van der Waals surface area contributed by atoms with Gasteiger partial charge in [0.15, 0.2) is 0 Å². The van der Waals surface area contributed by atoms with Crippen LogP contribution >= 0.6 is 0 Å². The van der Waals surface area contributed by atoms with Gasteiger partial charge in [-0.25, -0.2) is 0 Å². The highest BCUT2D eigenvalue weighted by atomic mass is 16.4. The van der Waals surface area contributed by atoms with Crippen molar-refractivity contribution in [3.05, 3.63) is 33.4 Å². The summed E-state index contributed by atoms with van der Waals surface area (Å²) in [6.45, 7) is 65.4. The normalized spacial score (nSPS) is 10.6. The first-order valence-corrected chi connectivity index (χ1v) is 33.5. The van der Waals surface area contributed by atoms with Crippen LogP contribution in [-0.4, -0.2) is 154 Å². The third-order valence-corrected chi connectivity index (χ3v) is 13.6. The van der Waals surface area contributed by atoms with Gasteiger partial charge in [-0.15, -0.1) is 0 Å². The number of carbonyl (C=O) groups excluding carboxylic acids is 6. The van der Waals surface area contributed by atoms with Crippen molar-refractivity contribution in [3.8, 4) is 0 Å². The number of carboxylic acid groups (broad SMARTS) is 6. The summed E-state index contributed by atoms with van der Waals surface area (Å²) >= 11 is 0. The van der Waals surface area contributed by atoms with Crippen molar-refractivity contribution < 1.29 is 88.8 Å². The van der Waals surface area contributed by atoms with Crippen LogP contribution in [0.4, 0.5) is 0 Å². The van der Waals surface area contributed by atoms with Gasteiger partial charge in [0.05, 0.1) is 154 Å². The van der Waals surface area contributed by atoms with Crippen LogP contribution in [0.1, 0.15) is 302 Å². The average Bonchev–Trinajstić information content (AvgIpc) is 1.22. The molecular weight excluding hydrogens is 1070 g/mol. The molecule has 1 aromatic carbocycles. The van der Waals surface area contributed by atoms with E-state index in [2.05, 4.69) is 125 Å². The number of hydrogen-bond donors (Lipinski definition) is 6. The van der Waals surface area contributed by atoms with Gasteiger partial charge in [-0.05, 0) is 116 Å². The van der Waals surface area contributed by atoms with Crippen LogP contribution in [0.25, 0.3) is 0 Å². The molecule has 0 saturated heterocycles. The largest absolute Gasteiger partial charge is 0.545 e. The predicted octanol–water partition coefficient (Wildman–Crippen LogP) is -1.52. The lowest BCUT2D eigenvalue weighted by Crippen LogP contribution is -3.11. The van der Waals surface area contributed by atoms with Crippen molar-refractivity contribution in [2.75, 3.05) is 118 Å². The maximum absolute atomic E-state index is 11.0. The second kappa shape index (κ2) is 64.8. The molecule has 0 radical (unpaired) electrons. The van der Waals surface area contributed by atoms with E-state index in [0.29, 0.717) is 0 Å². The lowest BCUT2D eigenvalue weighted by molar-refractivity contribution is -0.900. The molecule has 0 aromatic heterocycles. The minimum Gasteiger partial charge on any atom is -0.545 e. The van der Waals surface area contributed by atoms with Crippen LogP contribution < -0.4 is 60.0 Å². The smallest absolute Gasteiger partial charge is 0.0768 e. The number of carbonyl (C=O) groups is 6. The fraction of sp³-hybridized carbons (Fsp3) is 0.818. The zero-order valence-corrected chi connectivity index (χ0v) is 57.4. The molecule has 84 heavy (non-hydrogen) atoms. The number of benzene rings is 1. The highest BCUT2D eigenvalue weighted by molar-refractivity contribution is 6.21. The summed E-state index contributed by atoms with van der Waals surface area (Å²) in [5, 5.41) is 66.0. The zero-order chi connectivity index (χ0) is 65.8. The molecule has 0 aliphatic carbocycles. The number of nitrogens with one attached hydrogen (secondary N) is 6. The molecule has 1 rings (SSSR count). The topological polar surface area (TPSA) is 267 Å². The Morgan fingerprint density at radius 3 is 0.274 bits per heavy atom. The molecule has 0 heterocycles. The first kappa shape index (κ1) is 91.0. The van der Waals surface area contributed by atoms with Crippen molar-refractivity contribution in [3.63, 3.8) is 0 Å². The summed E-state index contributed by atoms with van der Waals surface area (Å²) in [7, 11) is 0. The number of carboxylic acids is 6. The lowest BCUT2D eigenvalue weighted by Gasteiger charge is -2.28. The summed E-state index contributed by atoms with van der Waals surface area (Å²) in [5.74, 6) is -16.0. The summed E-state index contributed by atoms with van der Waals surface area (Å²) < 4.78 is 0. The molecule has 0 bridgehead atoms. The molecule has 0 spiro atoms. The maximum Gasteiger partial charge on any atom is 0.0768 e. The Labute approximate surface area is 514 Å². The third kappa shape index (κ3) is 48.0. The molecule has 0 aliphatic heterocycles. The fourth-order valence-corrected chi connectivity index (χ4v) is 10.6. The van der Waals surface area contributed by atoms with Crippen molar-refractivity contribution in [1.29, 1.82) is 0 Å². The molecule has 1 aromatic rings. The van der Waals surface area contributed by atoms with Crippen LogP contribution in [0, 0.1) is 0 Å². The number of quaternary nitrogens is 6. The number of rotatable bonds is 42. The minimum atomic E-state index is -2.66. The summed E-state index contributed by atoms with van der Waals surface area (Å²) in [4.78, 5) is 76.7. The molecule has 18 nitrogen and oxygen atoms in total. The van der Waals surface area contributed by atoms with Gasteiger partial charge in [-0.1, -0.05) is 125 Å². The third-order valence-electron chi connectivity index (χ3n) is 13.6. The van der Waals surface area contributed by atoms with Gasteiger partial charge in [0.1, 0.15) is 0 Å². The predicted molar refractivity (Wildman–Crippen MR) is 331 cm³/mol. The van der Waals surface area contributed by atoms with Gasteiger partial charge in [-0.2, -0.15) is 0 Å². The second-order valence-corrected chi connectivity index (χ2v) is 22.0. The molecule has 0 unspecified atom stereocenters. The average molecular weight is 1200 g/mol. The van der Waals surface area contributed by atoms with Gasteiger partial charge in [-0.3, -0.25) is 0 Å². The van der Waals surface area contributed by atoms with Gasteiger partial charge < -0.3 is 88.8 Å². The SMILES string of the molecule is CCC[NH+](CCC)CCC.CCC[NH+](CCC)CCC.CCC[NH+](CCC)CCC.CCC[NH+](CCC)CCC.CCC[NH+](CCC)CCC.CCC[NH+](CCC)CCC.O=C([O-])c1c(C(=O)[O-])c(C(=O)[O-])c(C(=O)[O-])c(C(=O)[O-])c1C(=O)[O-].